The first-order valence-corrected chi connectivity index (χ1v) is 5.01. The predicted octanol–water partition coefficient (Wildman–Crippen LogP) is 2.26. The SMILES string of the molecule is Cc1cc(Br)cc(F)c1-c1nc(N)n[nH]1. The zero-order chi connectivity index (χ0) is 11.0. The Kier molecular flexibility index (Phi) is 2.44. The molecule has 78 valence electrons. The molecule has 1 heterocycles. The second-order valence-corrected chi connectivity index (χ2v) is 4.04. The molecular weight excluding hydrogens is 263 g/mol. The molecule has 1 aromatic carbocycles. The van der Waals surface area contributed by atoms with Gasteiger partial charge in [-0.2, -0.15) is 4.98 Å². The summed E-state index contributed by atoms with van der Waals surface area (Å²) < 4.78 is 14.3. The number of halogens is 2. The monoisotopic (exact) mass is 270 g/mol. The number of aromatic nitrogens is 3. The molecule has 0 spiro atoms. The van der Waals surface area contributed by atoms with Gasteiger partial charge in [0.05, 0.1) is 5.56 Å². The van der Waals surface area contributed by atoms with Gasteiger partial charge in [-0.3, -0.25) is 5.10 Å². The van der Waals surface area contributed by atoms with Gasteiger partial charge >= 0.3 is 0 Å². The Balaban J connectivity index is 2.62. The van der Waals surface area contributed by atoms with E-state index in [1.807, 2.05) is 0 Å². The van der Waals surface area contributed by atoms with Crippen LogP contribution in [0.25, 0.3) is 11.4 Å². The van der Waals surface area contributed by atoms with Crippen molar-refractivity contribution in [2.24, 2.45) is 0 Å². The highest BCUT2D eigenvalue weighted by atomic mass is 79.9. The maximum absolute atomic E-state index is 13.6. The number of nitrogen functional groups attached to an aromatic ring is 1. The fourth-order valence-corrected chi connectivity index (χ4v) is 1.93. The molecule has 0 saturated carbocycles. The lowest BCUT2D eigenvalue weighted by Gasteiger charge is -2.04. The largest absolute Gasteiger partial charge is 0.366 e. The maximum Gasteiger partial charge on any atom is 0.239 e. The fourth-order valence-electron chi connectivity index (χ4n) is 1.39. The van der Waals surface area contributed by atoms with E-state index in [2.05, 4.69) is 31.1 Å². The Morgan fingerprint density at radius 3 is 2.73 bits per heavy atom. The Labute approximate surface area is 93.8 Å². The van der Waals surface area contributed by atoms with Crippen LogP contribution in [0.2, 0.25) is 0 Å². The highest BCUT2D eigenvalue weighted by Crippen LogP contribution is 2.27. The van der Waals surface area contributed by atoms with E-state index >= 15 is 0 Å². The van der Waals surface area contributed by atoms with Gasteiger partial charge in [0.15, 0.2) is 5.82 Å². The lowest BCUT2D eigenvalue weighted by Crippen LogP contribution is -1.92. The van der Waals surface area contributed by atoms with Gasteiger partial charge in [-0.05, 0) is 24.6 Å². The summed E-state index contributed by atoms with van der Waals surface area (Å²) in [5, 5.41) is 6.24. The molecule has 2 aromatic rings. The first-order valence-electron chi connectivity index (χ1n) is 4.22. The predicted molar refractivity (Wildman–Crippen MR) is 58.6 cm³/mol. The normalized spacial score (nSPS) is 10.6. The molecule has 2 rings (SSSR count). The van der Waals surface area contributed by atoms with Crippen LogP contribution < -0.4 is 5.73 Å². The van der Waals surface area contributed by atoms with Crippen LogP contribution in [0.5, 0.6) is 0 Å². The molecule has 6 heteroatoms. The Morgan fingerprint density at radius 2 is 2.20 bits per heavy atom. The van der Waals surface area contributed by atoms with Gasteiger partial charge in [0.2, 0.25) is 5.95 Å². The highest BCUT2D eigenvalue weighted by molar-refractivity contribution is 9.10. The number of anilines is 1. The minimum Gasteiger partial charge on any atom is -0.366 e. The first kappa shape index (κ1) is 10.1. The second kappa shape index (κ2) is 3.62. The van der Waals surface area contributed by atoms with Crippen LogP contribution in [0.1, 0.15) is 5.56 Å². The fraction of sp³-hybridized carbons (Fsp3) is 0.111. The first-order chi connectivity index (χ1) is 7.08. The van der Waals surface area contributed by atoms with Crippen LogP contribution in [-0.4, -0.2) is 15.2 Å². The van der Waals surface area contributed by atoms with Crippen molar-refractivity contribution < 1.29 is 4.39 Å². The highest BCUT2D eigenvalue weighted by Gasteiger charge is 2.13. The number of rotatable bonds is 1. The quantitative estimate of drug-likeness (QED) is 0.836. The smallest absolute Gasteiger partial charge is 0.239 e. The van der Waals surface area contributed by atoms with Gasteiger partial charge in [0.1, 0.15) is 5.82 Å². The molecule has 1 aromatic heterocycles. The van der Waals surface area contributed by atoms with Gasteiger partial charge < -0.3 is 5.73 Å². The molecule has 4 nitrogen and oxygen atoms in total. The number of aryl methyl sites for hydroxylation is 1. The summed E-state index contributed by atoms with van der Waals surface area (Å²) in [5.41, 5.74) is 6.51. The summed E-state index contributed by atoms with van der Waals surface area (Å²) in [6.45, 7) is 1.79. The third-order valence-corrected chi connectivity index (χ3v) is 2.45. The summed E-state index contributed by atoms with van der Waals surface area (Å²) in [6, 6.07) is 3.18. The van der Waals surface area contributed by atoms with Crippen molar-refractivity contribution in [3.63, 3.8) is 0 Å². The molecule has 0 bridgehead atoms. The van der Waals surface area contributed by atoms with Crippen LogP contribution in [0.4, 0.5) is 10.3 Å². The van der Waals surface area contributed by atoms with Crippen LogP contribution in [-0.2, 0) is 0 Å². The van der Waals surface area contributed by atoms with E-state index in [0.717, 1.165) is 5.56 Å². The zero-order valence-electron chi connectivity index (χ0n) is 7.88. The lowest BCUT2D eigenvalue weighted by molar-refractivity contribution is 0.628. The molecule has 0 aliphatic heterocycles. The number of hydrogen-bond acceptors (Lipinski definition) is 3. The van der Waals surface area contributed by atoms with E-state index in [0.29, 0.717) is 15.9 Å². The van der Waals surface area contributed by atoms with E-state index in [1.54, 1.807) is 13.0 Å². The molecule has 0 radical (unpaired) electrons. The Hall–Kier alpha value is -1.43. The van der Waals surface area contributed by atoms with Crippen molar-refractivity contribution >= 4 is 21.9 Å². The number of nitrogens with one attached hydrogen (secondary N) is 1. The lowest BCUT2D eigenvalue weighted by atomic mass is 10.1. The van der Waals surface area contributed by atoms with Crippen molar-refractivity contribution in [1.29, 1.82) is 0 Å². The topological polar surface area (TPSA) is 67.6 Å². The number of H-pyrrole nitrogens is 1. The van der Waals surface area contributed by atoms with E-state index < -0.39 is 0 Å². The van der Waals surface area contributed by atoms with E-state index in [9.17, 15) is 4.39 Å². The van der Waals surface area contributed by atoms with Gasteiger partial charge in [0, 0.05) is 4.47 Å². The van der Waals surface area contributed by atoms with Gasteiger partial charge in [-0.1, -0.05) is 15.9 Å². The third kappa shape index (κ3) is 1.85. The van der Waals surface area contributed by atoms with Gasteiger partial charge in [-0.25, -0.2) is 4.39 Å². The van der Waals surface area contributed by atoms with Crippen molar-refractivity contribution in [3.05, 3.63) is 28.0 Å². The molecule has 0 fully saturated rings. The molecular formula is C9H8BrFN4. The van der Waals surface area contributed by atoms with Crippen LogP contribution >= 0.6 is 15.9 Å². The summed E-state index contributed by atoms with van der Waals surface area (Å²) in [7, 11) is 0. The summed E-state index contributed by atoms with van der Waals surface area (Å²) >= 11 is 3.21. The van der Waals surface area contributed by atoms with Crippen molar-refractivity contribution in [3.8, 4) is 11.4 Å². The van der Waals surface area contributed by atoms with E-state index in [-0.39, 0.29) is 11.8 Å². The number of nitrogens with zero attached hydrogens (tertiary/aromatic N) is 2. The molecule has 0 aliphatic rings. The molecule has 3 N–H and O–H groups in total. The number of nitrogens with two attached hydrogens (primary N) is 1. The second-order valence-electron chi connectivity index (χ2n) is 3.12. The summed E-state index contributed by atoms with van der Waals surface area (Å²) in [5.74, 6) is 0.0831. The summed E-state index contributed by atoms with van der Waals surface area (Å²) in [6.07, 6.45) is 0. The standard InChI is InChI=1S/C9H8BrFN4/c1-4-2-5(10)3-6(11)7(4)8-13-9(12)15-14-8/h2-3H,1H3,(H3,12,13,14,15). The Bertz CT molecular complexity index is 486. The molecule has 0 atom stereocenters. The number of benzene rings is 1. The van der Waals surface area contributed by atoms with Gasteiger partial charge in [-0.15, -0.1) is 5.10 Å². The zero-order valence-corrected chi connectivity index (χ0v) is 9.47. The van der Waals surface area contributed by atoms with Crippen molar-refractivity contribution in [2.45, 2.75) is 6.92 Å². The molecule has 0 unspecified atom stereocenters. The van der Waals surface area contributed by atoms with Gasteiger partial charge in [0.25, 0.3) is 0 Å². The van der Waals surface area contributed by atoms with Crippen LogP contribution in [0.15, 0.2) is 16.6 Å². The average Bonchev–Trinajstić information content (AvgIpc) is 2.49. The van der Waals surface area contributed by atoms with Crippen molar-refractivity contribution in [1.82, 2.24) is 15.2 Å². The minimum absolute atomic E-state index is 0.103. The van der Waals surface area contributed by atoms with Crippen molar-refractivity contribution in [2.75, 3.05) is 5.73 Å². The van der Waals surface area contributed by atoms with E-state index in [4.69, 9.17) is 5.73 Å². The Morgan fingerprint density at radius 1 is 1.47 bits per heavy atom. The molecule has 0 aliphatic carbocycles. The van der Waals surface area contributed by atoms with E-state index in [1.165, 1.54) is 6.07 Å². The molecule has 0 amide bonds. The number of aromatic amines is 1. The average molecular weight is 271 g/mol. The minimum atomic E-state index is -0.363. The molecule has 0 saturated heterocycles. The molecule has 15 heavy (non-hydrogen) atoms. The van der Waals surface area contributed by atoms with Crippen LogP contribution in [0.3, 0.4) is 0 Å². The van der Waals surface area contributed by atoms with Crippen LogP contribution in [0, 0.1) is 12.7 Å². The maximum atomic E-state index is 13.6. The summed E-state index contributed by atoms with van der Waals surface area (Å²) in [4.78, 5) is 3.89. The third-order valence-electron chi connectivity index (χ3n) is 1.99. The number of hydrogen-bond donors (Lipinski definition) is 2.